The maximum absolute atomic E-state index is 14.0. The van der Waals surface area contributed by atoms with Crippen LogP contribution in [0.25, 0.3) is 5.65 Å². The number of aryl methyl sites for hydroxylation is 1. The van der Waals surface area contributed by atoms with E-state index in [-0.39, 0.29) is 30.2 Å². The number of anilines is 1. The normalized spacial score (nSPS) is 25.7. The highest BCUT2D eigenvalue weighted by molar-refractivity contribution is 8.13. The standard InChI is InChI=1S/C37H49N7O6S/c1-23-17-25(42-16-15-35(8,20-42)24-13-11-10-12-14-24)18-44-27(23)39-29(41-44)37-19-36(22-48-37,26(37)28(45)40-30(38)51-9)21-43(31(46)49-33(2,3)4)32(47)50-34(5,6)7/h10-14,17-18,26H,15-16,19-22H2,1-9H3,(H2,38,40,45)/t26?,35-,36?,37?/m0/s1. The molecule has 3 unspecified atom stereocenters. The second-order valence-electron chi connectivity index (χ2n) is 16.4. The highest BCUT2D eigenvalue weighted by atomic mass is 32.2. The lowest BCUT2D eigenvalue weighted by molar-refractivity contribution is -0.152. The second-order valence-corrected chi connectivity index (χ2v) is 17.2. The van der Waals surface area contributed by atoms with E-state index in [1.165, 1.54) is 5.56 Å². The molecular weight excluding hydrogens is 671 g/mol. The van der Waals surface area contributed by atoms with Crippen molar-refractivity contribution in [1.82, 2.24) is 24.8 Å². The monoisotopic (exact) mass is 719 g/mol. The first kappa shape index (κ1) is 36.6. The van der Waals surface area contributed by atoms with Gasteiger partial charge in [0.2, 0.25) is 5.91 Å². The number of rotatable bonds is 6. The van der Waals surface area contributed by atoms with Crippen molar-refractivity contribution in [2.45, 2.75) is 90.4 Å². The third-order valence-electron chi connectivity index (χ3n) is 10.0. The lowest BCUT2D eigenvalue weighted by Crippen LogP contribution is -2.64. The Bertz CT molecular complexity index is 1840. The van der Waals surface area contributed by atoms with E-state index in [1.807, 2.05) is 19.2 Å². The molecule has 0 radical (unpaired) electrons. The van der Waals surface area contributed by atoms with Crippen LogP contribution in [0.2, 0.25) is 0 Å². The number of thioether (sulfide) groups is 1. The number of imide groups is 1. The molecule has 2 aromatic heterocycles. The van der Waals surface area contributed by atoms with Crippen LogP contribution in [0.5, 0.6) is 0 Å². The van der Waals surface area contributed by atoms with Gasteiger partial charge in [-0.15, -0.1) is 5.10 Å². The summed E-state index contributed by atoms with van der Waals surface area (Å²) in [7, 11) is 0. The van der Waals surface area contributed by atoms with Crippen molar-refractivity contribution in [3.05, 3.63) is 59.5 Å². The number of hydrogen-bond acceptors (Lipinski definition) is 11. The summed E-state index contributed by atoms with van der Waals surface area (Å²) in [4.78, 5) is 49.2. The maximum atomic E-state index is 14.0. The second kappa shape index (κ2) is 12.8. The Morgan fingerprint density at radius 1 is 1.10 bits per heavy atom. The van der Waals surface area contributed by atoms with Crippen LogP contribution >= 0.6 is 11.8 Å². The summed E-state index contributed by atoms with van der Waals surface area (Å²) in [5, 5.41) is 15.8. The van der Waals surface area contributed by atoms with Crippen molar-refractivity contribution in [1.29, 1.82) is 5.41 Å². The van der Waals surface area contributed by atoms with Gasteiger partial charge in [-0.25, -0.2) is 24.0 Å². The Balaban J connectivity index is 1.33. The number of amidine groups is 1. The van der Waals surface area contributed by atoms with Gasteiger partial charge in [0.1, 0.15) is 16.8 Å². The molecule has 7 rings (SSSR count). The molecular formula is C37H49N7O6S. The molecule has 13 nitrogen and oxygen atoms in total. The van der Waals surface area contributed by atoms with E-state index < -0.39 is 46.2 Å². The lowest BCUT2D eigenvalue weighted by atomic mass is 9.52. The van der Waals surface area contributed by atoms with Crippen molar-refractivity contribution in [3.8, 4) is 0 Å². The molecule has 14 heteroatoms. The summed E-state index contributed by atoms with van der Waals surface area (Å²) >= 11 is 1.09. The van der Waals surface area contributed by atoms with Crippen LogP contribution in [0, 0.1) is 23.7 Å². The largest absolute Gasteiger partial charge is 0.443 e. The molecule has 4 fully saturated rings. The molecule has 2 N–H and O–H groups in total. The van der Waals surface area contributed by atoms with Gasteiger partial charge in [0.15, 0.2) is 16.6 Å². The number of amides is 3. The van der Waals surface area contributed by atoms with Crippen molar-refractivity contribution < 1.29 is 28.6 Å². The zero-order valence-corrected chi connectivity index (χ0v) is 31.8. The van der Waals surface area contributed by atoms with Gasteiger partial charge in [0, 0.05) is 30.5 Å². The third-order valence-corrected chi connectivity index (χ3v) is 10.5. The average Bonchev–Trinajstić information content (AvgIpc) is 3.80. The fraction of sp³-hybridized carbons (Fsp3) is 0.568. The van der Waals surface area contributed by atoms with E-state index in [2.05, 4.69) is 47.5 Å². The highest BCUT2D eigenvalue weighted by Crippen LogP contribution is 2.67. The van der Waals surface area contributed by atoms with Crippen LogP contribution in [0.4, 0.5) is 15.3 Å². The molecule has 3 saturated heterocycles. The molecule has 0 spiro atoms. The number of nitrogens with zero attached hydrogens (tertiary/aromatic N) is 5. The highest BCUT2D eigenvalue weighted by Gasteiger charge is 2.76. The number of carbonyl (C=O) groups excluding carboxylic acids is 3. The van der Waals surface area contributed by atoms with E-state index in [1.54, 1.807) is 52.3 Å². The van der Waals surface area contributed by atoms with Gasteiger partial charge in [-0.1, -0.05) is 49.0 Å². The first-order valence-corrected chi connectivity index (χ1v) is 18.5. The number of carbonyl (C=O) groups is 3. The van der Waals surface area contributed by atoms with Gasteiger partial charge >= 0.3 is 12.2 Å². The first-order valence-electron chi connectivity index (χ1n) is 17.3. The van der Waals surface area contributed by atoms with E-state index in [9.17, 15) is 14.4 Å². The summed E-state index contributed by atoms with van der Waals surface area (Å²) in [6, 6.07) is 12.7. The Hall–Kier alpha value is -4.17. The van der Waals surface area contributed by atoms with Crippen molar-refractivity contribution in [2.75, 3.05) is 37.4 Å². The van der Waals surface area contributed by atoms with Crippen LogP contribution in [-0.2, 0) is 30.0 Å². The van der Waals surface area contributed by atoms with Crippen LogP contribution in [0.1, 0.15) is 78.3 Å². The van der Waals surface area contributed by atoms with Gasteiger partial charge in [-0.2, -0.15) is 0 Å². The third kappa shape index (κ3) is 6.92. The zero-order chi connectivity index (χ0) is 37.1. The Kier molecular flexibility index (Phi) is 9.19. The topological polar surface area (TPSA) is 151 Å². The van der Waals surface area contributed by atoms with Crippen LogP contribution in [0.15, 0.2) is 42.6 Å². The van der Waals surface area contributed by atoms with Crippen LogP contribution in [0.3, 0.4) is 0 Å². The molecule has 5 heterocycles. The van der Waals surface area contributed by atoms with Gasteiger partial charge in [-0.05, 0) is 84.8 Å². The quantitative estimate of drug-likeness (QED) is 0.229. The van der Waals surface area contributed by atoms with E-state index in [4.69, 9.17) is 29.7 Å². The number of pyridine rings is 1. The summed E-state index contributed by atoms with van der Waals surface area (Å²) in [5.74, 6) is -1.06. The Labute approximate surface area is 303 Å². The van der Waals surface area contributed by atoms with E-state index in [0.29, 0.717) is 11.5 Å². The number of benzene rings is 1. The number of nitrogens with one attached hydrogen (secondary N) is 2. The lowest BCUT2D eigenvalue weighted by Gasteiger charge is -2.51. The minimum absolute atomic E-state index is 0.0150. The fourth-order valence-corrected chi connectivity index (χ4v) is 7.92. The molecule has 1 aromatic carbocycles. The van der Waals surface area contributed by atoms with Gasteiger partial charge in [-0.3, -0.25) is 10.2 Å². The first-order chi connectivity index (χ1) is 23.8. The van der Waals surface area contributed by atoms with Crippen molar-refractivity contribution in [2.24, 2.45) is 11.3 Å². The molecule has 1 saturated carbocycles. The smallest absolute Gasteiger partial charge is 0.419 e. The van der Waals surface area contributed by atoms with Crippen LogP contribution in [-0.4, -0.2) is 86.5 Å². The minimum Gasteiger partial charge on any atom is -0.443 e. The summed E-state index contributed by atoms with van der Waals surface area (Å²) in [6.45, 7) is 16.1. The van der Waals surface area contributed by atoms with Gasteiger partial charge in [0.25, 0.3) is 0 Å². The van der Waals surface area contributed by atoms with Gasteiger partial charge < -0.3 is 24.4 Å². The van der Waals surface area contributed by atoms with E-state index in [0.717, 1.165) is 47.4 Å². The van der Waals surface area contributed by atoms with E-state index >= 15 is 0 Å². The van der Waals surface area contributed by atoms with Crippen molar-refractivity contribution >= 4 is 46.4 Å². The Morgan fingerprint density at radius 3 is 2.35 bits per heavy atom. The molecule has 4 aliphatic rings. The molecule has 3 amide bonds. The minimum atomic E-state index is -1.24. The zero-order valence-electron chi connectivity index (χ0n) is 31.0. The predicted molar refractivity (Wildman–Crippen MR) is 195 cm³/mol. The molecule has 51 heavy (non-hydrogen) atoms. The van der Waals surface area contributed by atoms with Gasteiger partial charge in [0.05, 0.1) is 24.4 Å². The average molecular weight is 720 g/mol. The number of fused-ring (bicyclic) bond motifs is 2. The maximum Gasteiger partial charge on any atom is 0.419 e. The summed E-state index contributed by atoms with van der Waals surface area (Å²) in [6.07, 6.45) is 3.17. The number of ether oxygens (including phenoxy) is 3. The number of hydrogen-bond donors (Lipinski definition) is 2. The Morgan fingerprint density at radius 2 is 1.75 bits per heavy atom. The molecule has 3 aliphatic heterocycles. The SMILES string of the molecule is CSC(=N)NC(=O)C1C2(CN(C(=O)OC(C)(C)C)C(=O)OC(C)(C)C)COC1(c1nc3c(C)cc(N4CC[C@](C)(c5ccccc5)C4)cn3n1)C2. The van der Waals surface area contributed by atoms with Crippen LogP contribution < -0.4 is 10.2 Å². The summed E-state index contributed by atoms with van der Waals surface area (Å²) in [5.41, 5.74) is -0.108. The predicted octanol–water partition coefficient (Wildman–Crippen LogP) is 6.02. The molecule has 274 valence electrons. The number of aromatic nitrogens is 3. The van der Waals surface area contributed by atoms with Crippen molar-refractivity contribution in [3.63, 3.8) is 0 Å². The fourth-order valence-electron chi connectivity index (χ4n) is 7.72. The molecule has 2 bridgehead atoms. The molecule has 3 aromatic rings. The molecule has 4 atom stereocenters. The summed E-state index contributed by atoms with van der Waals surface area (Å²) < 4.78 is 19.5. The molecule has 1 aliphatic carbocycles.